The summed E-state index contributed by atoms with van der Waals surface area (Å²) in [5.74, 6) is -4.23. The summed E-state index contributed by atoms with van der Waals surface area (Å²) >= 11 is 0. The van der Waals surface area contributed by atoms with Gasteiger partial charge in [0.15, 0.2) is 0 Å². The van der Waals surface area contributed by atoms with Crippen LogP contribution in [0.5, 0.6) is 0 Å². The van der Waals surface area contributed by atoms with Crippen molar-refractivity contribution in [3.8, 4) is 0 Å². The lowest BCUT2D eigenvalue weighted by atomic mass is 9.84. The Balaban J connectivity index is 1.83. The Morgan fingerprint density at radius 1 is 1.36 bits per heavy atom. The first kappa shape index (κ1) is 20.2. The van der Waals surface area contributed by atoms with Gasteiger partial charge in [-0.3, -0.25) is 19.3 Å². The average molecular weight is 398 g/mol. The second kappa shape index (κ2) is 7.10. The summed E-state index contributed by atoms with van der Waals surface area (Å²) in [4.78, 5) is 36.2. The molecule has 9 heteroatoms. The molecule has 1 atom stereocenters. The van der Waals surface area contributed by atoms with Crippen molar-refractivity contribution in [2.75, 3.05) is 18.0 Å². The molecule has 1 saturated carbocycles. The number of carbonyl (C=O) groups excluding carboxylic acids is 2. The second-order valence-corrected chi connectivity index (χ2v) is 7.77. The number of alkyl halides is 1. The molecule has 28 heavy (non-hydrogen) atoms. The molecule has 0 bridgehead atoms. The minimum Gasteiger partial charge on any atom is -0.481 e. The van der Waals surface area contributed by atoms with Gasteiger partial charge in [0.1, 0.15) is 24.4 Å². The van der Waals surface area contributed by atoms with Gasteiger partial charge in [-0.25, -0.2) is 13.2 Å². The molecule has 0 saturated heterocycles. The third-order valence-corrected chi connectivity index (χ3v) is 5.13. The maximum atomic E-state index is 15.0. The molecule has 1 fully saturated rings. The van der Waals surface area contributed by atoms with Crippen LogP contribution in [0.4, 0.5) is 18.9 Å². The number of nitrogens with zero attached hydrogens (tertiary/aromatic N) is 1. The monoisotopic (exact) mass is 398 g/mol. The van der Waals surface area contributed by atoms with Crippen LogP contribution >= 0.6 is 0 Å². The van der Waals surface area contributed by atoms with Gasteiger partial charge in [-0.15, -0.1) is 0 Å². The van der Waals surface area contributed by atoms with Crippen molar-refractivity contribution in [1.29, 1.82) is 0 Å². The highest BCUT2D eigenvalue weighted by atomic mass is 19.1. The van der Waals surface area contributed by atoms with Crippen LogP contribution in [0.2, 0.25) is 0 Å². The van der Waals surface area contributed by atoms with Crippen LogP contribution in [0, 0.1) is 11.6 Å². The molecule has 1 aliphatic heterocycles. The Bertz CT molecular complexity index is 852. The molecule has 1 aromatic rings. The number of nitrogens with one attached hydrogen (secondary N) is 1. The van der Waals surface area contributed by atoms with Crippen molar-refractivity contribution in [1.82, 2.24) is 5.32 Å². The van der Waals surface area contributed by atoms with Crippen molar-refractivity contribution in [2.45, 2.75) is 50.6 Å². The lowest BCUT2D eigenvalue weighted by Crippen LogP contribution is -2.44. The van der Waals surface area contributed by atoms with Gasteiger partial charge in [0.05, 0.1) is 17.5 Å². The minimum absolute atomic E-state index is 0.0567. The molecule has 0 radical (unpaired) electrons. The molecule has 2 aliphatic rings. The highest BCUT2D eigenvalue weighted by Gasteiger charge is 2.49. The number of carboxylic acid groups (broad SMARTS) is 1. The standard InChI is InChI=1S/C19H21F3N2O4/c1-19(2)15-16(22)11(9-3-4-9)6-12(21)17(15)24(18(19)28)8-13(25)23-7-10(20)5-14(26)27/h6,9-10H,3-5,7-8H2,1-2H3,(H,23,25)(H,26,27)/t10-/m1/s1. The fourth-order valence-corrected chi connectivity index (χ4v) is 3.54. The Hall–Kier alpha value is -2.58. The summed E-state index contributed by atoms with van der Waals surface area (Å²) in [6.45, 7) is 1.76. The van der Waals surface area contributed by atoms with Crippen molar-refractivity contribution in [3.05, 3.63) is 28.8 Å². The number of carboxylic acids is 1. The van der Waals surface area contributed by atoms with Crippen molar-refractivity contribution in [2.24, 2.45) is 0 Å². The second-order valence-electron chi connectivity index (χ2n) is 7.77. The van der Waals surface area contributed by atoms with E-state index in [2.05, 4.69) is 5.32 Å². The van der Waals surface area contributed by atoms with Gasteiger partial charge in [-0.05, 0) is 44.2 Å². The Kier molecular flexibility index (Phi) is 5.12. The number of carbonyl (C=O) groups is 3. The number of hydrogen-bond acceptors (Lipinski definition) is 3. The summed E-state index contributed by atoms with van der Waals surface area (Å²) in [5, 5.41) is 10.7. The summed E-state index contributed by atoms with van der Waals surface area (Å²) < 4.78 is 43.2. The van der Waals surface area contributed by atoms with E-state index in [0.29, 0.717) is 0 Å². The number of aliphatic carboxylic acids is 1. The molecule has 1 heterocycles. The Morgan fingerprint density at radius 2 is 2.00 bits per heavy atom. The molecule has 6 nitrogen and oxygen atoms in total. The van der Waals surface area contributed by atoms with Crippen LogP contribution in [0.15, 0.2) is 6.07 Å². The van der Waals surface area contributed by atoms with E-state index < -0.39 is 60.5 Å². The third-order valence-electron chi connectivity index (χ3n) is 5.13. The van der Waals surface area contributed by atoms with E-state index in [1.54, 1.807) is 0 Å². The number of halogens is 3. The molecule has 1 aliphatic carbocycles. The smallest absolute Gasteiger partial charge is 0.306 e. The van der Waals surface area contributed by atoms with Gasteiger partial charge >= 0.3 is 5.97 Å². The number of rotatable bonds is 7. The predicted molar refractivity (Wildman–Crippen MR) is 93.9 cm³/mol. The molecular weight excluding hydrogens is 377 g/mol. The van der Waals surface area contributed by atoms with Crippen molar-refractivity contribution < 1.29 is 32.7 Å². The summed E-state index contributed by atoms with van der Waals surface area (Å²) in [7, 11) is 0. The highest BCUT2D eigenvalue weighted by Crippen LogP contribution is 2.50. The van der Waals surface area contributed by atoms with E-state index in [1.165, 1.54) is 13.8 Å². The van der Waals surface area contributed by atoms with E-state index in [-0.39, 0.29) is 22.7 Å². The molecule has 1 aromatic carbocycles. The largest absolute Gasteiger partial charge is 0.481 e. The highest BCUT2D eigenvalue weighted by molar-refractivity contribution is 6.10. The van der Waals surface area contributed by atoms with Crippen LogP contribution < -0.4 is 10.2 Å². The minimum atomic E-state index is -1.80. The van der Waals surface area contributed by atoms with E-state index >= 15 is 4.39 Å². The van der Waals surface area contributed by atoms with Crippen LogP contribution in [-0.2, 0) is 19.8 Å². The van der Waals surface area contributed by atoms with Gasteiger partial charge in [-0.1, -0.05) is 0 Å². The first-order valence-corrected chi connectivity index (χ1v) is 9.01. The number of benzene rings is 1. The summed E-state index contributed by atoms with van der Waals surface area (Å²) in [6.07, 6.45) is -1.05. The molecular formula is C19H21F3N2O4. The summed E-state index contributed by atoms with van der Waals surface area (Å²) in [6, 6.07) is 1.08. The van der Waals surface area contributed by atoms with Gasteiger partial charge in [0.2, 0.25) is 11.8 Å². The molecule has 2 amide bonds. The number of anilines is 1. The van der Waals surface area contributed by atoms with Crippen LogP contribution in [0.25, 0.3) is 0 Å². The lowest BCUT2D eigenvalue weighted by molar-refractivity contribution is -0.138. The third kappa shape index (κ3) is 3.57. The van der Waals surface area contributed by atoms with Crippen LogP contribution in [-0.4, -0.2) is 42.2 Å². The molecule has 2 N–H and O–H groups in total. The Labute approximate surface area is 159 Å². The molecule has 152 valence electrons. The fraction of sp³-hybridized carbons (Fsp3) is 0.526. The first-order valence-electron chi connectivity index (χ1n) is 9.01. The van der Waals surface area contributed by atoms with Gasteiger partial charge in [-0.2, -0.15) is 0 Å². The van der Waals surface area contributed by atoms with E-state index in [9.17, 15) is 23.2 Å². The molecule has 3 rings (SSSR count). The SMILES string of the molecule is CC1(C)C(=O)N(CC(=O)NC[C@H](F)CC(=O)O)c2c(F)cc(C3CC3)c(F)c21. The van der Waals surface area contributed by atoms with Crippen molar-refractivity contribution in [3.63, 3.8) is 0 Å². The number of fused-ring (bicyclic) bond motifs is 1. The number of amides is 2. The zero-order chi connectivity index (χ0) is 20.8. The zero-order valence-electron chi connectivity index (χ0n) is 15.5. The van der Waals surface area contributed by atoms with Gasteiger partial charge < -0.3 is 10.4 Å². The fourth-order valence-electron chi connectivity index (χ4n) is 3.54. The average Bonchev–Trinajstić information content (AvgIpc) is 3.40. The first-order chi connectivity index (χ1) is 13.0. The maximum Gasteiger partial charge on any atom is 0.306 e. The predicted octanol–water partition coefficient (Wildman–Crippen LogP) is 2.40. The van der Waals surface area contributed by atoms with E-state index in [1.807, 2.05) is 0 Å². The Morgan fingerprint density at radius 3 is 2.57 bits per heavy atom. The topological polar surface area (TPSA) is 86.7 Å². The van der Waals surface area contributed by atoms with Gasteiger partial charge in [0.25, 0.3) is 0 Å². The lowest BCUT2D eigenvalue weighted by Gasteiger charge is -2.20. The van der Waals surface area contributed by atoms with E-state index in [0.717, 1.165) is 23.8 Å². The quantitative estimate of drug-likeness (QED) is 0.739. The molecule has 0 unspecified atom stereocenters. The van der Waals surface area contributed by atoms with Crippen LogP contribution in [0.1, 0.15) is 50.2 Å². The molecule has 0 aromatic heterocycles. The van der Waals surface area contributed by atoms with Crippen LogP contribution in [0.3, 0.4) is 0 Å². The van der Waals surface area contributed by atoms with Gasteiger partial charge in [0, 0.05) is 12.1 Å². The zero-order valence-corrected chi connectivity index (χ0v) is 15.5. The molecule has 0 spiro atoms. The normalized spacial score (nSPS) is 18.8. The number of hydrogen-bond donors (Lipinski definition) is 2. The van der Waals surface area contributed by atoms with E-state index in [4.69, 9.17) is 5.11 Å². The van der Waals surface area contributed by atoms with Crippen molar-refractivity contribution >= 4 is 23.5 Å². The maximum absolute atomic E-state index is 15.0. The summed E-state index contributed by atoms with van der Waals surface area (Å²) in [5.41, 5.74) is -1.44.